The van der Waals surface area contributed by atoms with Crippen molar-refractivity contribution >= 4 is 5.91 Å². The summed E-state index contributed by atoms with van der Waals surface area (Å²) in [5, 5.41) is 6.33. The van der Waals surface area contributed by atoms with E-state index in [-0.39, 0.29) is 11.9 Å². The Morgan fingerprint density at radius 2 is 1.95 bits per heavy atom. The highest BCUT2D eigenvalue weighted by atomic mass is 16.2. The maximum absolute atomic E-state index is 12.1. The molecule has 2 aliphatic rings. The van der Waals surface area contributed by atoms with Crippen molar-refractivity contribution < 1.29 is 4.79 Å². The first-order valence-electron chi connectivity index (χ1n) is 8.13. The van der Waals surface area contributed by atoms with Gasteiger partial charge in [-0.15, -0.1) is 0 Å². The largest absolute Gasteiger partial charge is 0.351 e. The minimum atomic E-state index is 0.00995. The van der Waals surface area contributed by atoms with Gasteiger partial charge in [-0.05, 0) is 56.4 Å². The van der Waals surface area contributed by atoms with Gasteiger partial charge in [-0.25, -0.2) is 0 Å². The van der Waals surface area contributed by atoms with Gasteiger partial charge in [-0.1, -0.05) is 24.3 Å². The highest BCUT2D eigenvalue weighted by Gasteiger charge is 2.21. The molecule has 2 fully saturated rings. The SMILES string of the molecule is O=C(NCc1ccccc1CN1CCCC1)C1CCCN1. The predicted octanol–water partition coefficient (Wildman–Crippen LogP) is 1.65. The maximum Gasteiger partial charge on any atom is 0.237 e. The fourth-order valence-corrected chi connectivity index (χ4v) is 3.28. The number of likely N-dealkylation sites (tertiary alicyclic amines) is 1. The number of benzene rings is 1. The molecule has 2 heterocycles. The van der Waals surface area contributed by atoms with Crippen molar-refractivity contribution in [3.63, 3.8) is 0 Å². The summed E-state index contributed by atoms with van der Waals surface area (Å²) in [4.78, 5) is 14.6. The summed E-state index contributed by atoms with van der Waals surface area (Å²) in [6.07, 6.45) is 4.68. The molecule has 114 valence electrons. The normalized spacial score (nSPS) is 22.6. The summed E-state index contributed by atoms with van der Waals surface area (Å²) in [5.74, 6) is 0.142. The molecule has 4 nitrogen and oxygen atoms in total. The molecule has 0 aliphatic carbocycles. The van der Waals surface area contributed by atoms with Crippen LogP contribution in [0.5, 0.6) is 0 Å². The maximum atomic E-state index is 12.1. The van der Waals surface area contributed by atoms with E-state index in [1.54, 1.807) is 0 Å². The zero-order valence-corrected chi connectivity index (χ0v) is 12.6. The van der Waals surface area contributed by atoms with Crippen LogP contribution >= 0.6 is 0 Å². The van der Waals surface area contributed by atoms with Crippen LogP contribution in [0.2, 0.25) is 0 Å². The highest BCUT2D eigenvalue weighted by Crippen LogP contribution is 2.16. The Kier molecular flexibility index (Phi) is 4.88. The van der Waals surface area contributed by atoms with E-state index in [9.17, 15) is 4.79 Å². The van der Waals surface area contributed by atoms with Gasteiger partial charge in [0.05, 0.1) is 6.04 Å². The van der Waals surface area contributed by atoms with Crippen LogP contribution in [-0.2, 0) is 17.9 Å². The number of nitrogens with zero attached hydrogens (tertiary/aromatic N) is 1. The van der Waals surface area contributed by atoms with Crippen LogP contribution in [0.25, 0.3) is 0 Å². The Labute approximate surface area is 126 Å². The lowest BCUT2D eigenvalue weighted by Gasteiger charge is -2.18. The fraction of sp³-hybridized carbons (Fsp3) is 0.588. The van der Waals surface area contributed by atoms with Gasteiger partial charge in [0.15, 0.2) is 0 Å². The second-order valence-corrected chi connectivity index (χ2v) is 6.12. The Hall–Kier alpha value is -1.39. The highest BCUT2D eigenvalue weighted by molar-refractivity contribution is 5.82. The van der Waals surface area contributed by atoms with Crippen LogP contribution in [0.15, 0.2) is 24.3 Å². The number of hydrogen-bond donors (Lipinski definition) is 2. The lowest BCUT2D eigenvalue weighted by Crippen LogP contribution is -2.40. The third-order valence-electron chi connectivity index (χ3n) is 4.54. The second kappa shape index (κ2) is 7.05. The van der Waals surface area contributed by atoms with Gasteiger partial charge in [0.2, 0.25) is 5.91 Å². The third kappa shape index (κ3) is 3.83. The van der Waals surface area contributed by atoms with Crippen LogP contribution in [-0.4, -0.2) is 36.5 Å². The molecule has 2 N–H and O–H groups in total. The lowest BCUT2D eigenvalue weighted by molar-refractivity contribution is -0.122. The van der Waals surface area contributed by atoms with Gasteiger partial charge in [-0.2, -0.15) is 0 Å². The van der Waals surface area contributed by atoms with Crippen LogP contribution < -0.4 is 10.6 Å². The predicted molar refractivity (Wildman–Crippen MR) is 83.8 cm³/mol. The van der Waals surface area contributed by atoms with Gasteiger partial charge < -0.3 is 10.6 Å². The summed E-state index contributed by atoms with van der Waals surface area (Å²) in [7, 11) is 0. The van der Waals surface area contributed by atoms with Crippen LogP contribution in [0, 0.1) is 0 Å². The molecule has 1 unspecified atom stereocenters. The molecule has 1 atom stereocenters. The zero-order valence-electron chi connectivity index (χ0n) is 12.6. The number of hydrogen-bond acceptors (Lipinski definition) is 3. The van der Waals surface area contributed by atoms with Gasteiger partial charge in [0.25, 0.3) is 0 Å². The number of carbonyl (C=O) groups excluding carboxylic acids is 1. The van der Waals surface area contributed by atoms with Gasteiger partial charge in [-0.3, -0.25) is 9.69 Å². The van der Waals surface area contributed by atoms with Crippen molar-refractivity contribution in [2.24, 2.45) is 0 Å². The summed E-state index contributed by atoms with van der Waals surface area (Å²) in [6, 6.07) is 8.48. The van der Waals surface area contributed by atoms with Gasteiger partial charge in [0.1, 0.15) is 0 Å². The molecule has 0 radical (unpaired) electrons. The molecule has 0 bridgehead atoms. The van der Waals surface area contributed by atoms with Crippen molar-refractivity contribution in [3.05, 3.63) is 35.4 Å². The van der Waals surface area contributed by atoms with E-state index in [1.165, 1.54) is 37.1 Å². The zero-order chi connectivity index (χ0) is 14.5. The lowest BCUT2D eigenvalue weighted by atomic mass is 10.1. The Bertz CT molecular complexity index is 477. The van der Waals surface area contributed by atoms with E-state index < -0.39 is 0 Å². The molecule has 1 amide bonds. The van der Waals surface area contributed by atoms with Crippen LogP contribution in [0.3, 0.4) is 0 Å². The van der Waals surface area contributed by atoms with Gasteiger partial charge >= 0.3 is 0 Å². The first kappa shape index (κ1) is 14.5. The molecule has 1 aromatic rings. The number of nitrogens with one attached hydrogen (secondary N) is 2. The molecular weight excluding hydrogens is 262 g/mol. The first-order valence-corrected chi connectivity index (χ1v) is 8.13. The molecule has 0 aromatic heterocycles. The molecular formula is C17H25N3O. The summed E-state index contributed by atoms with van der Waals surface area (Å²) in [6.45, 7) is 5.01. The second-order valence-electron chi connectivity index (χ2n) is 6.12. The van der Waals surface area contributed by atoms with E-state index in [0.717, 1.165) is 25.9 Å². The number of rotatable bonds is 5. The van der Waals surface area contributed by atoms with E-state index >= 15 is 0 Å². The van der Waals surface area contributed by atoms with E-state index in [2.05, 4.69) is 39.8 Å². The molecule has 21 heavy (non-hydrogen) atoms. The minimum absolute atomic E-state index is 0.00995. The minimum Gasteiger partial charge on any atom is -0.351 e. The monoisotopic (exact) mass is 287 g/mol. The summed E-state index contributed by atoms with van der Waals surface area (Å²) < 4.78 is 0. The molecule has 0 saturated carbocycles. The standard InChI is InChI=1S/C17H25N3O/c21-17(16-8-5-9-18-16)19-12-14-6-1-2-7-15(14)13-20-10-3-4-11-20/h1-2,6-7,16,18H,3-5,8-13H2,(H,19,21). The first-order chi connectivity index (χ1) is 10.3. The van der Waals surface area contributed by atoms with Crippen LogP contribution in [0.4, 0.5) is 0 Å². The quantitative estimate of drug-likeness (QED) is 0.865. The van der Waals surface area contributed by atoms with Crippen molar-refractivity contribution in [1.82, 2.24) is 15.5 Å². The smallest absolute Gasteiger partial charge is 0.237 e. The van der Waals surface area contributed by atoms with E-state index in [0.29, 0.717) is 6.54 Å². The molecule has 1 aromatic carbocycles. The van der Waals surface area contributed by atoms with E-state index in [4.69, 9.17) is 0 Å². The average Bonchev–Trinajstić information content (AvgIpc) is 3.19. The Morgan fingerprint density at radius 3 is 2.67 bits per heavy atom. The van der Waals surface area contributed by atoms with Crippen molar-refractivity contribution in [1.29, 1.82) is 0 Å². The molecule has 3 rings (SSSR count). The summed E-state index contributed by atoms with van der Waals surface area (Å²) in [5.41, 5.74) is 2.59. The van der Waals surface area contributed by atoms with Crippen LogP contribution in [0.1, 0.15) is 36.8 Å². The fourth-order valence-electron chi connectivity index (χ4n) is 3.28. The summed E-state index contributed by atoms with van der Waals surface area (Å²) >= 11 is 0. The molecule has 4 heteroatoms. The number of amides is 1. The van der Waals surface area contributed by atoms with E-state index in [1.807, 2.05) is 0 Å². The molecule has 2 saturated heterocycles. The Morgan fingerprint density at radius 1 is 1.19 bits per heavy atom. The van der Waals surface area contributed by atoms with Crippen molar-refractivity contribution in [2.45, 2.75) is 44.8 Å². The molecule has 2 aliphatic heterocycles. The third-order valence-corrected chi connectivity index (χ3v) is 4.54. The van der Waals surface area contributed by atoms with Crippen molar-refractivity contribution in [3.8, 4) is 0 Å². The average molecular weight is 287 g/mol. The Balaban J connectivity index is 1.57. The topological polar surface area (TPSA) is 44.4 Å². The molecule has 0 spiro atoms. The number of carbonyl (C=O) groups is 1. The van der Waals surface area contributed by atoms with Gasteiger partial charge in [0, 0.05) is 13.1 Å². The van der Waals surface area contributed by atoms with Crippen molar-refractivity contribution in [2.75, 3.05) is 19.6 Å².